The van der Waals surface area contributed by atoms with E-state index in [1.54, 1.807) is 20.8 Å². The van der Waals surface area contributed by atoms with E-state index in [4.69, 9.17) is 4.74 Å². The fourth-order valence-electron chi connectivity index (χ4n) is 3.79. The second-order valence-electron chi connectivity index (χ2n) is 9.36. The van der Waals surface area contributed by atoms with Crippen LogP contribution in [0.15, 0.2) is 0 Å². The summed E-state index contributed by atoms with van der Waals surface area (Å²) in [7, 11) is 0. The lowest BCUT2D eigenvalue weighted by Crippen LogP contribution is -2.58. The van der Waals surface area contributed by atoms with Crippen LogP contribution in [0, 0.1) is 11.8 Å². The SMILES string of the molecule is CCOC(=O)[C@@H](NC(=O)[C@H](CC(C)C)NC(=O)[C@H](CO)NC(=O)NC1CCCCC1)C(C)C. The predicted octanol–water partition coefficient (Wildman–Crippen LogP) is 1.21. The van der Waals surface area contributed by atoms with Crippen molar-refractivity contribution in [1.82, 2.24) is 21.3 Å². The molecule has 0 saturated heterocycles. The second kappa shape index (κ2) is 14.7. The standard InChI is InChI=1S/C23H42N4O6/c1-6-33-22(31)19(15(4)5)27-20(29)17(12-14(2)3)25-21(30)18(13-28)26-23(32)24-16-10-8-7-9-11-16/h14-19,28H,6-13H2,1-5H3,(H,25,30)(H,27,29)(H2,24,26,32)/t17-,18-,19-/m0/s1. The Kier molecular flexibility index (Phi) is 12.8. The van der Waals surface area contributed by atoms with Crippen molar-refractivity contribution >= 4 is 23.8 Å². The third-order valence-corrected chi connectivity index (χ3v) is 5.59. The van der Waals surface area contributed by atoms with Gasteiger partial charge in [0.15, 0.2) is 0 Å². The van der Waals surface area contributed by atoms with Crippen LogP contribution in [-0.4, -0.2) is 66.3 Å². The number of carbonyl (C=O) groups is 4. The Balaban J connectivity index is 2.78. The maximum absolute atomic E-state index is 12.9. The Morgan fingerprint density at radius 3 is 2.03 bits per heavy atom. The van der Waals surface area contributed by atoms with E-state index in [2.05, 4.69) is 21.3 Å². The van der Waals surface area contributed by atoms with Crippen molar-refractivity contribution in [2.75, 3.05) is 13.2 Å². The van der Waals surface area contributed by atoms with Crippen molar-refractivity contribution in [2.24, 2.45) is 11.8 Å². The number of aliphatic hydroxyl groups excluding tert-OH is 1. The molecule has 10 nitrogen and oxygen atoms in total. The van der Waals surface area contributed by atoms with Crippen LogP contribution in [0.5, 0.6) is 0 Å². The maximum Gasteiger partial charge on any atom is 0.328 e. The Hall–Kier alpha value is -2.36. The number of hydrogen-bond acceptors (Lipinski definition) is 6. The van der Waals surface area contributed by atoms with Gasteiger partial charge in [0.1, 0.15) is 18.1 Å². The molecule has 0 aromatic heterocycles. The van der Waals surface area contributed by atoms with Gasteiger partial charge < -0.3 is 31.1 Å². The first-order chi connectivity index (χ1) is 15.6. The molecule has 0 aromatic rings. The summed E-state index contributed by atoms with van der Waals surface area (Å²) in [5.41, 5.74) is 0. The molecule has 0 aromatic carbocycles. The number of carbonyl (C=O) groups excluding carboxylic acids is 4. The first kappa shape index (κ1) is 28.7. The zero-order valence-electron chi connectivity index (χ0n) is 20.6. The van der Waals surface area contributed by atoms with Crippen molar-refractivity contribution in [1.29, 1.82) is 0 Å². The summed E-state index contributed by atoms with van der Waals surface area (Å²) in [4.78, 5) is 50.2. The number of urea groups is 1. The van der Waals surface area contributed by atoms with E-state index in [9.17, 15) is 24.3 Å². The van der Waals surface area contributed by atoms with E-state index in [1.165, 1.54) is 0 Å². The van der Waals surface area contributed by atoms with Gasteiger partial charge in [0.25, 0.3) is 0 Å². The highest BCUT2D eigenvalue weighted by atomic mass is 16.5. The minimum Gasteiger partial charge on any atom is -0.464 e. The van der Waals surface area contributed by atoms with E-state index in [1.807, 2.05) is 13.8 Å². The molecule has 0 aliphatic heterocycles. The van der Waals surface area contributed by atoms with E-state index < -0.39 is 48.5 Å². The number of ether oxygens (including phenoxy) is 1. The molecular formula is C23H42N4O6. The Morgan fingerprint density at radius 2 is 1.52 bits per heavy atom. The van der Waals surface area contributed by atoms with Crippen molar-refractivity contribution < 1.29 is 29.0 Å². The van der Waals surface area contributed by atoms with Gasteiger partial charge in [-0.25, -0.2) is 9.59 Å². The lowest BCUT2D eigenvalue weighted by molar-refractivity contribution is -0.149. The highest BCUT2D eigenvalue weighted by Crippen LogP contribution is 2.17. The minimum atomic E-state index is -1.21. The highest BCUT2D eigenvalue weighted by molar-refractivity contribution is 5.93. The van der Waals surface area contributed by atoms with Crippen LogP contribution in [0.25, 0.3) is 0 Å². The number of aliphatic hydroxyl groups is 1. The molecule has 4 amide bonds. The third-order valence-electron chi connectivity index (χ3n) is 5.59. The summed E-state index contributed by atoms with van der Waals surface area (Å²) < 4.78 is 5.04. The lowest BCUT2D eigenvalue weighted by atomic mass is 9.96. The molecule has 1 fully saturated rings. The molecule has 0 bridgehead atoms. The van der Waals surface area contributed by atoms with E-state index >= 15 is 0 Å². The number of nitrogens with one attached hydrogen (secondary N) is 4. The Labute approximate surface area is 197 Å². The monoisotopic (exact) mass is 470 g/mol. The highest BCUT2D eigenvalue weighted by Gasteiger charge is 2.32. The third kappa shape index (κ3) is 10.4. The summed E-state index contributed by atoms with van der Waals surface area (Å²) in [6.07, 6.45) is 5.33. The summed E-state index contributed by atoms with van der Waals surface area (Å²) in [6, 6.07) is -3.47. The average Bonchev–Trinajstić information content (AvgIpc) is 2.75. The Bertz CT molecular complexity index is 649. The van der Waals surface area contributed by atoms with Crippen molar-refractivity contribution in [2.45, 2.75) is 97.3 Å². The first-order valence-electron chi connectivity index (χ1n) is 12.0. The Morgan fingerprint density at radius 1 is 0.909 bits per heavy atom. The van der Waals surface area contributed by atoms with Gasteiger partial charge in [0.2, 0.25) is 11.8 Å². The van der Waals surface area contributed by atoms with E-state index in [0.717, 1.165) is 32.1 Å². The zero-order chi connectivity index (χ0) is 25.0. The van der Waals surface area contributed by atoms with Crippen LogP contribution in [0.1, 0.15) is 73.1 Å². The summed E-state index contributed by atoms with van der Waals surface area (Å²) in [6.45, 7) is 8.64. The maximum atomic E-state index is 12.9. The topological polar surface area (TPSA) is 146 Å². The van der Waals surface area contributed by atoms with Gasteiger partial charge >= 0.3 is 12.0 Å². The smallest absolute Gasteiger partial charge is 0.328 e. The molecule has 1 saturated carbocycles. The van der Waals surface area contributed by atoms with Gasteiger partial charge in [-0.05, 0) is 38.0 Å². The second-order valence-corrected chi connectivity index (χ2v) is 9.36. The van der Waals surface area contributed by atoms with Crippen LogP contribution < -0.4 is 21.3 Å². The van der Waals surface area contributed by atoms with Crippen molar-refractivity contribution in [3.63, 3.8) is 0 Å². The molecule has 0 radical (unpaired) electrons. The molecule has 5 N–H and O–H groups in total. The van der Waals surface area contributed by atoms with Gasteiger partial charge in [0.05, 0.1) is 13.2 Å². The zero-order valence-corrected chi connectivity index (χ0v) is 20.6. The quantitative estimate of drug-likeness (QED) is 0.271. The fourth-order valence-corrected chi connectivity index (χ4v) is 3.79. The molecular weight excluding hydrogens is 428 g/mol. The fraction of sp³-hybridized carbons (Fsp3) is 0.826. The first-order valence-corrected chi connectivity index (χ1v) is 12.0. The van der Waals surface area contributed by atoms with Crippen LogP contribution in [0.2, 0.25) is 0 Å². The lowest BCUT2D eigenvalue weighted by Gasteiger charge is -2.27. The minimum absolute atomic E-state index is 0.0523. The molecule has 0 unspecified atom stereocenters. The molecule has 3 atom stereocenters. The molecule has 33 heavy (non-hydrogen) atoms. The van der Waals surface area contributed by atoms with Gasteiger partial charge in [-0.3, -0.25) is 9.59 Å². The number of hydrogen-bond donors (Lipinski definition) is 5. The van der Waals surface area contributed by atoms with Gasteiger partial charge in [-0.1, -0.05) is 47.0 Å². The average molecular weight is 471 g/mol. The van der Waals surface area contributed by atoms with E-state index in [0.29, 0.717) is 6.42 Å². The van der Waals surface area contributed by atoms with Crippen molar-refractivity contribution in [3.05, 3.63) is 0 Å². The molecule has 190 valence electrons. The summed E-state index contributed by atoms with van der Waals surface area (Å²) >= 11 is 0. The van der Waals surface area contributed by atoms with Gasteiger partial charge in [-0.2, -0.15) is 0 Å². The van der Waals surface area contributed by atoms with Crippen LogP contribution in [0.4, 0.5) is 4.79 Å². The summed E-state index contributed by atoms with van der Waals surface area (Å²) in [5.74, 6) is -1.87. The molecule has 0 spiro atoms. The molecule has 1 aliphatic carbocycles. The number of amides is 4. The largest absolute Gasteiger partial charge is 0.464 e. The number of esters is 1. The van der Waals surface area contributed by atoms with Gasteiger partial charge in [-0.15, -0.1) is 0 Å². The van der Waals surface area contributed by atoms with E-state index in [-0.39, 0.29) is 24.5 Å². The van der Waals surface area contributed by atoms with Crippen molar-refractivity contribution in [3.8, 4) is 0 Å². The molecule has 1 rings (SSSR count). The summed E-state index contributed by atoms with van der Waals surface area (Å²) in [5, 5.41) is 20.3. The predicted molar refractivity (Wildman–Crippen MR) is 124 cm³/mol. The van der Waals surface area contributed by atoms with Crippen LogP contribution in [-0.2, 0) is 19.1 Å². The van der Waals surface area contributed by atoms with Crippen LogP contribution >= 0.6 is 0 Å². The normalized spacial score (nSPS) is 17.1. The van der Waals surface area contributed by atoms with Crippen LogP contribution in [0.3, 0.4) is 0 Å². The number of rotatable bonds is 12. The molecule has 1 aliphatic rings. The molecule has 10 heteroatoms. The molecule has 0 heterocycles. The van der Waals surface area contributed by atoms with Gasteiger partial charge in [0, 0.05) is 6.04 Å².